The zero-order valence-corrected chi connectivity index (χ0v) is 10.9. The Kier molecular flexibility index (Phi) is 4.26. The highest BCUT2D eigenvalue weighted by atomic mass is 16.5. The fraction of sp³-hybridized carbons (Fsp3) is 0.923. The second-order valence-corrected chi connectivity index (χ2v) is 5.56. The molecule has 0 aromatic rings. The fourth-order valence-electron chi connectivity index (χ4n) is 2.88. The smallest absolute Gasteiger partial charge is 0.407 e. The molecule has 0 aromatic carbocycles. The van der Waals surface area contributed by atoms with E-state index < -0.39 is 0 Å². The van der Waals surface area contributed by atoms with Gasteiger partial charge in [0, 0.05) is 19.1 Å². The van der Waals surface area contributed by atoms with Crippen LogP contribution in [0.4, 0.5) is 4.79 Å². The van der Waals surface area contributed by atoms with Crippen molar-refractivity contribution in [2.24, 2.45) is 11.8 Å². The molecular weight excluding hydrogens is 216 g/mol. The summed E-state index contributed by atoms with van der Waals surface area (Å²) in [5.41, 5.74) is 0. The molecule has 2 fully saturated rings. The molecule has 1 aliphatic carbocycles. The van der Waals surface area contributed by atoms with Crippen molar-refractivity contribution in [2.45, 2.75) is 38.6 Å². The average molecular weight is 240 g/mol. The molecule has 1 N–H and O–H groups in total. The predicted molar refractivity (Wildman–Crippen MR) is 66.9 cm³/mol. The zero-order chi connectivity index (χ0) is 12.3. The van der Waals surface area contributed by atoms with E-state index in [1.807, 2.05) is 6.92 Å². The molecule has 1 saturated heterocycles. The van der Waals surface area contributed by atoms with Crippen LogP contribution in [0.1, 0.15) is 32.6 Å². The largest absolute Gasteiger partial charge is 0.450 e. The van der Waals surface area contributed by atoms with Crippen molar-refractivity contribution in [1.29, 1.82) is 0 Å². The maximum absolute atomic E-state index is 11.4. The van der Waals surface area contributed by atoms with Gasteiger partial charge in [-0.05, 0) is 38.6 Å². The Morgan fingerprint density at radius 3 is 2.76 bits per heavy atom. The van der Waals surface area contributed by atoms with Crippen LogP contribution in [0.2, 0.25) is 0 Å². The first-order valence-electron chi connectivity index (χ1n) is 6.79. The molecule has 98 valence electrons. The highest BCUT2D eigenvalue weighted by Crippen LogP contribution is 2.37. The van der Waals surface area contributed by atoms with Gasteiger partial charge in [-0.1, -0.05) is 12.8 Å². The molecule has 2 aliphatic rings. The van der Waals surface area contributed by atoms with Gasteiger partial charge in [-0.25, -0.2) is 4.79 Å². The third-order valence-corrected chi connectivity index (χ3v) is 3.68. The van der Waals surface area contributed by atoms with E-state index in [1.165, 1.54) is 25.8 Å². The number of ether oxygens (including phenoxy) is 1. The van der Waals surface area contributed by atoms with E-state index in [0.29, 0.717) is 6.61 Å². The van der Waals surface area contributed by atoms with E-state index in [1.54, 1.807) is 0 Å². The molecule has 17 heavy (non-hydrogen) atoms. The van der Waals surface area contributed by atoms with E-state index in [4.69, 9.17) is 4.74 Å². The van der Waals surface area contributed by atoms with Gasteiger partial charge in [0.25, 0.3) is 0 Å². The van der Waals surface area contributed by atoms with E-state index >= 15 is 0 Å². The van der Waals surface area contributed by atoms with Crippen LogP contribution in [0.15, 0.2) is 0 Å². The fourth-order valence-corrected chi connectivity index (χ4v) is 2.88. The SMILES string of the molecule is CCOC(=O)NC1CC(CC2CC2)CN(C)C1. The quantitative estimate of drug-likeness (QED) is 0.815. The molecule has 1 amide bonds. The number of alkyl carbamates (subject to hydrolysis) is 1. The molecule has 4 nitrogen and oxygen atoms in total. The second kappa shape index (κ2) is 5.71. The summed E-state index contributed by atoms with van der Waals surface area (Å²) < 4.78 is 4.94. The summed E-state index contributed by atoms with van der Waals surface area (Å²) in [7, 11) is 2.14. The lowest BCUT2D eigenvalue weighted by atomic mass is 9.90. The Labute approximate surface area is 104 Å². The topological polar surface area (TPSA) is 41.6 Å². The highest BCUT2D eigenvalue weighted by molar-refractivity contribution is 5.67. The first kappa shape index (κ1) is 12.7. The molecule has 4 heteroatoms. The van der Waals surface area contributed by atoms with Gasteiger partial charge in [0.1, 0.15) is 0 Å². The maximum atomic E-state index is 11.4. The number of likely N-dealkylation sites (N-methyl/N-ethyl adjacent to an activating group) is 1. The molecule has 2 unspecified atom stereocenters. The number of carbonyl (C=O) groups excluding carboxylic acids is 1. The third-order valence-electron chi connectivity index (χ3n) is 3.68. The summed E-state index contributed by atoms with van der Waals surface area (Å²) in [6, 6.07) is 0.261. The van der Waals surface area contributed by atoms with E-state index in [-0.39, 0.29) is 12.1 Å². The lowest BCUT2D eigenvalue weighted by Crippen LogP contribution is -2.49. The summed E-state index contributed by atoms with van der Waals surface area (Å²) in [4.78, 5) is 13.7. The van der Waals surface area contributed by atoms with E-state index in [0.717, 1.165) is 24.8 Å². The first-order valence-corrected chi connectivity index (χ1v) is 6.79. The van der Waals surface area contributed by atoms with Crippen molar-refractivity contribution in [3.05, 3.63) is 0 Å². The van der Waals surface area contributed by atoms with Gasteiger partial charge in [0.2, 0.25) is 0 Å². The number of piperidine rings is 1. The number of carbonyl (C=O) groups is 1. The summed E-state index contributed by atoms with van der Waals surface area (Å²) >= 11 is 0. The minimum absolute atomic E-state index is 0.261. The number of nitrogens with zero attached hydrogens (tertiary/aromatic N) is 1. The van der Waals surface area contributed by atoms with Crippen molar-refractivity contribution in [3.8, 4) is 0 Å². The average Bonchev–Trinajstić information content (AvgIpc) is 3.00. The molecule has 0 bridgehead atoms. The molecule has 2 atom stereocenters. The molecular formula is C13H24N2O2. The number of rotatable bonds is 4. The lowest BCUT2D eigenvalue weighted by Gasteiger charge is -2.35. The van der Waals surface area contributed by atoms with Crippen LogP contribution in [0.25, 0.3) is 0 Å². The van der Waals surface area contributed by atoms with Gasteiger partial charge in [-0.2, -0.15) is 0 Å². The van der Waals surface area contributed by atoms with Gasteiger partial charge < -0.3 is 15.0 Å². The van der Waals surface area contributed by atoms with Crippen molar-refractivity contribution >= 4 is 6.09 Å². The van der Waals surface area contributed by atoms with Gasteiger partial charge in [-0.15, -0.1) is 0 Å². The van der Waals surface area contributed by atoms with Crippen molar-refractivity contribution in [3.63, 3.8) is 0 Å². The Bertz CT molecular complexity index is 264. The lowest BCUT2D eigenvalue weighted by molar-refractivity contribution is 0.124. The number of hydrogen-bond donors (Lipinski definition) is 1. The van der Waals surface area contributed by atoms with Crippen LogP contribution in [0, 0.1) is 11.8 Å². The standard InChI is InChI=1S/C13H24N2O2/c1-3-17-13(16)14-12-7-11(6-10-4-5-10)8-15(2)9-12/h10-12H,3-9H2,1-2H3,(H,14,16). The Morgan fingerprint density at radius 2 is 2.12 bits per heavy atom. The van der Waals surface area contributed by atoms with Crippen LogP contribution in [-0.4, -0.2) is 43.8 Å². The van der Waals surface area contributed by atoms with E-state index in [9.17, 15) is 4.79 Å². The number of nitrogens with one attached hydrogen (secondary N) is 1. The summed E-state index contributed by atoms with van der Waals surface area (Å²) in [5, 5.41) is 2.97. The number of hydrogen-bond acceptors (Lipinski definition) is 3. The van der Waals surface area contributed by atoms with Crippen LogP contribution in [-0.2, 0) is 4.74 Å². The minimum Gasteiger partial charge on any atom is -0.450 e. The van der Waals surface area contributed by atoms with E-state index in [2.05, 4.69) is 17.3 Å². The summed E-state index contributed by atoms with van der Waals surface area (Å²) in [5.74, 6) is 1.71. The van der Waals surface area contributed by atoms with Crippen molar-refractivity contribution < 1.29 is 9.53 Å². The van der Waals surface area contributed by atoms with Crippen LogP contribution in [0.5, 0.6) is 0 Å². The normalized spacial score (nSPS) is 30.0. The van der Waals surface area contributed by atoms with Crippen molar-refractivity contribution in [1.82, 2.24) is 10.2 Å². The number of amides is 1. The number of likely N-dealkylation sites (tertiary alicyclic amines) is 1. The van der Waals surface area contributed by atoms with Crippen LogP contribution < -0.4 is 5.32 Å². The van der Waals surface area contributed by atoms with Crippen molar-refractivity contribution in [2.75, 3.05) is 26.7 Å². The Hall–Kier alpha value is -0.770. The van der Waals surface area contributed by atoms with Gasteiger partial charge >= 0.3 is 6.09 Å². The maximum Gasteiger partial charge on any atom is 0.407 e. The summed E-state index contributed by atoms with van der Waals surface area (Å²) in [6.45, 7) is 4.40. The van der Waals surface area contributed by atoms with Gasteiger partial charge in [-0.3, -0.25) is 0 Å². The van der Waals surface area contributed by atoms with Crippen LogP contribution in [0.3, 0.4) is 0 Å². The predicted octanol–water partition coefficient (Wildman–Crippen LogP) is 1.85. The molecule has 1 saturated carbocycles. The first-order chi connectivity index (χ1) is 8.17. The molecule has 0 spiro atoms. The third kappa shape index (κ3) is 4.19. The monoisotopic (exact) mass is 240 g/mol. The Morgan fingerprint density at radius 1 is 1.35 bits per heavy atom. The van der Waals surface area contributed by atoms with Gasteiger partial charge in [0.05, 0.1) is 6.61 Å². The molecule has 1 aliphatic heterocycles. The molecule has 0 radical (unpaired) electrons. The molecule has 1 heterocycles. The second-order valence-electron chi connectivity index (χ2n) is 5.56. The highest BCUT2D eigenvalue weighted by Gasteiger charge is 2.31. The van der Waals surface area contributed by atoms with Gasteiger partial charge in [0.15, 0.2) is 0 Å². The minimum atomic E-state index is -0.266. The molecule has 0 aromatic heterocycles. The summed E-state index contributed by atoms with van der Waals surface area (Å²) in [6.07, 6.45) is 5.01. The Balaban J connectivity index is 1.77. The molecule has 2 rings (SSSR count). The van der Waals surface area contributed by atoms with Crippen LogP contribution >= 0.6 is 0 Å². The zero-order valence-electron chi connectivity index (χ0n) is 10.9.